The Labute approximate surface area is 78.6 Å². The quantitative estimate of drug-likeness (QED) is 0.591. The zero-order chi connectivity index (χ0) is 9.31. The normalized spacial score (nSPS) is 26.0. The fraction of sp³-hybridized carbons (Fsp3) is 0.889. The Bertz CT molecular complexity index is 221. The third-order valence-electron chi connectivity index (χ3n) is 2.81. The third kappa shape index (κ3) is 1.63. The molecular formula is C9H17N3O. The lowest BCUT2D eigenvalue weighted by molar-refractivity contribution is -0.0697. The summed E-state index contributed by atoms with van der Waals surface area (Å²) in [5, 5.41) is 13.0. The maximum atomic E-state index is 9.80. The summed E-state index contributed by atoms with van der Waals surface area (Å²) in [6.07, 6.45) is 1.95. The standard InChI is InChI=1S/C9H17N3O/c1-2-9(13)6-12(7-9)8-10-4-3-5-11-8/h13H,2-7H2,1H3,(H,10,11). The summed E-state index contributed by atoms with van der Waals surface area (Å²) < 4.78 is 0. The first-order valence-electron chi connectivity index (χ1n) is 4.99. The molecule has 0 aromatic heterocycles. The monoisotopic (exact) mass is 183 g/mol. The lowest BCUT2D eigenvalue weighted by atomic mass is 9.92. The second-order valence-electron chi connectivity index (χ2n) is 3.92. The van der Waals surface area contributed by atoms with Crippen LogP contribution in [0.15, 0.2) is 4.99 Å². The Morgan fingerprint density at radius 2 is 2.38 bits per heavy atom. The Morgan fingerprint density at radius 3 is 2.92 bits per heavy atom. The second kappa shape index (κ2) is 3.18. The number of rotatable bonds is 1. The molecule has 13 heavy (non-hydrogen) atoms. The molecule has 0 aromatic rings. The predicted molar refractivity (Wildman–Crippen MR) is 51.7 cm³/mol. The van der Waals surface area contributed by atoms with Gasteiger partial charge in [-0.3, -0.25) is 4.99 Å². The molecule has 2 rings (SSSR count). The van der Waals surface area contributed by atoms with Gasteiger partial charge in [0.1, 0.15) is 0 Å². The van der Waals surface area contributed by atoms with Gasteiger partial charge in [-0.25, -0.2) is 0 Å². The number of aliphatic imine (C=N–C) groups is 1. The van der Waals surface area contributed by atoms with Crippen molar-refractivity contribution in [1.82, 2.24) is 10.2 Å². The summed E-state index contributed by atoms with van der Waals surface area (Å²) in [6.45, 7) is 5.42. The number of likely N-dealkylation sites (tertiary alicyclic amines) is 1. The van der Waals surface area contributed by atoms with Gasteiger partial charge in [0.05, 0.1) is 18.7 Å². The minimum absolute atomic E-state index is 0.457. The van der Waals surface area contributed by atoms with Gasteiger partial charge in [-0.1, -0.05) is 6.92 Å². The SMILES string of the molecule is CCC1(O)CN(C2=NCCCN2)C1. The van der Waals surface area contributed by atoms with Crippen molar-refractivity contribution >= 4 is 5.96 Å². The van der Waals surface area contributed by atoms with Crippen molar-refractivity contribution in [2.24, 2.45) is 4.99 Å². The smallest absolute Gasteiger partial charge is 0.194 e. The van der Waals surface area contributed by atoms with Crippen LogP contribution in [0.5, 0.6) is 0 Å². The van der Waals surface area contributed by atoms with Gasteiger partial charge in [-0.2, -0.15) is 0 Å². The van der Waals surface area contributed by atoms with Crippen LogP contribution in [0.3, 0.4) is 0 Å². The molecule has 2 heterocycles. The summed E-state index contributed by atoms with van der Waals surface area (Å²) in [6, 6.07) is 0. The van der Waals surface area contributed by atoms with Crippen LogP contribution in [-0.2, 0) is 0 Å². The molecule has 0 bridgehead atoms. The van der Waals surface area contributed by atoms with Crippen molar-refractivity contribution in [1.29, 1.82) is 0 Å². The molecule has 0 atom stereocenters. The number of aliphatic hydroxyl groups is 1. The van der Waals surface area contributed by atoms with Crippen molar-refractivity contribution < 1.29 is 5.11 Å². The molecular weight excluding hydrogens is 166 g/mol. The molecule has 74 valence electrons. The number of β-amino-alcohol motifs (C(OH)–C–C–N with tert-alkyl or cyclic N) is 1. The van der Waals surface area contributed by atoms with E-state index in [2.05, 4.69) is 15.2 Å². The van der Waals surface area contributed by atoms with Gasteiger partial charge in [-0.15, -0.1) is 0 Å². The minimum atomic E-state index is -0.457. The number of hydrogen-bond donors (Lipinski definition) is 2. The highest BCUT2D eigenvalue weighted by Gasteiger charge is 2.41. The van der Waals surface area contributed by atoms with Gasteiger partial charge < -0.3 is 15.3 Å². The second-order valence-corrected chi connectivity index (χ2v) is 3.92. The highest BCUT2D eigenvalue weighted by atomic mass is 16.3. The molecule has 2 aliphatic rings. The van der Waals surface area contributed by atoms with Crippen LogP contribution in [0.4, 0.5) is 0 Å². The Morgan fingerprint density at radius 1 is 1.62 bits per heavy atom. The highest BCUT2D eigenvalue weighted by Crippen LogP contribution is 2.24. The molecule has 4 nitrogen and oxygen atoms in total. The molecule has 0 radical (unpaired) electrons. The molecule has 1 fully saturated rings. The molecule has 2 aliphatic heterocycles. The summed E-state index contributed by atoms with van der Waals surface area (Å²) in [4.78, 5) is 6.49. The van der Waals surface area contributed by atoms with E-state index in [4.69, 9.17) is 0 Å². The van der Waals surface area contributed by atoms with Crippen LogP contribution in [0, 0.1) is 0 Å². The summed E-state index contributed by atoms with van der Waals surface area (Å²) in [5.41, 5.74) is -0.457. The third-order valence-corrected chi connectivity index (χ3v) is 2.81. The fourth-order valence-corrected chi connectivity index (χ4v) is 1.77. The van der Waals surface area contributed by atoms with E-state index in [9.17, 15) is 5.11 Å². The van der Waals surface area contributed by atoms with E-state index in [1.54, 1.807) is 0 Å². The number of hydrogen-bond acceptors (Lipinski definition) is 4. The summed E-state index contributed by atoms with van der Waals surface area (Å²) in [7, 11) is 0. The van der Waals surface area contributed by atoms with E-state index in [0.717, 1.165) is 45.0 Å². The lowest BCUT2D eigenvalue weighted by Gasteiger charge is -2.48. The van der Waals surface area contributed by atoms with E-state index in [1.807, 2.05) is 6.92 Å². The van der Waals surface area contributed by atoms with Crippen molar-refractivity contribution in [2.45, 2.75) is 25.4 Å². The number of nitrogens with zero attached hydrogens (tertiary/aromatic N) is 2. The molecule has 0 saturated carbocycles. The Kier molecular flexibility index (Phi) is 2.15. The lowest BCUT2D eigenvalue weighted by Crippen LogP contribution is -2.65. The molecule has 0 unspecified atom stereocenters. The van der Waals surface area contributed by atoms with Gasteiger partial charge in [0, 0.05) is 13.1 Å². The average molecular weight is 183 g/mol. The van der Waals surface area contributed by atoms with Crippen LogP contribution >= 0.6 is 0 Å². The van der Waals surface area contributed by atoms with Gasteiger partial charge in [0.15, 0.2) is 5.96 Å². The zero-order valence-electron chi connectivity index (χ0n) is 8.08. The topological polar surface area (TPSA) is 47.9 Å². The first-order chi connectivity index (χ1) is 6.23. The van der Waals surface area contributed by atoms with Crippen molar-refractivity contribution in [2.75, 3.05) is 26.2 Å². The zero-order valence-corrected chi connectivity index (χ0v) is 8.08. The molecule has 4 heteroatoms. The minimum Gasteiger partial charge on any atom is -0.386 e. The van der Waals surface area contributed by atoms with Crippen LogP contribution in [0.1, 0.15) is 19.8 Å². The van der Waals surface area contributed by atoms with E-state index in [0.29, 0.717) is 0 Å². The van der Waals surface area contributed by atoms with Gasteiger partial charge in [0.2, 0.25) is 0 Å². The van der Waals surface area contributed by atoms with Gasteiger partial charge >= 0.3 is 0 Å². The molecule has 0 aliphatic carbocycles. The first-order valence-corrected chi connectivity index (χ1v) is 4.99. The van der Waals surface area contributed by atoms with Crippen molar-refractivity contribution in [3.8, 4) is 0 Å². The van der Waals surface area contributed by atoms with Crippen LogP contribution in [-0.4, -0.2) is 47.7 Å². The fourth-order valence-electron chi connectivity index (χ4n) is 1.77. The molecule has 1 saturated heterocycles. The average Bonchev–Trinajstić information content (AvgIpc) is 2.14. The predicted octanol–water partition coefficient (Wildman–Crippen LogP) is -0.208. The van der Waals surface area contributed by atoms with Crippen molar-refractivity contribution in [3.05, 3.63) is 0 Å². The van der Waals surface area contributed by atoms with E-state index < -0.39 is 5.60 Å². The van der Waals surface area contributed by atoms with E-state index >= 15 is 0 Å². The molecule has 2 N–H and O–H groups in total. The first kappa shape index (κ1) is 8.81. The maximum absolute atomic E-state index is 9.80. The van der Waals surface area contributed by atoms with Gasteiger partial charge in [0.25, 0.3) is 0 Å². The van der Waals surface area contributed by atoms with Crippen LogP contribution in [0.25, 0.3) is 0 Å². The number of guanidine groups is 1. The summed E-state index contributed by atoms with van der Waals surface area (Å²) in [5.74, 6) is 0.976. The summed E-state index contributed by atoms with van der Waals surface area (Å²) >= 11 is 0. The Balaban J connectivity index is 1.88. The maximum Gasteiger partial charge on any atom is 0.194 e. The van der Waals surface area contributed by atoms with E-state index in [1.165, 1.54) is 0 Å². The highest BCUT2D eigenvalue weighted by molar-refractivity contribution is 5.81. The van der Waals surface area contributed by atoms with Gasteiger partial charge in [-0.05, 0) is 12.8 Å². The largest absolute Gasteiger partial charge is 0.386 e. The van der Waals surface area contributed by atoms with Crippen molar-refractivity contribution in [3.63, 3.8) is 0 Å². The van der Waals surface area contributed by atoms with E-state index in [-0.39, 0.29) is 0 Å². The Hall–Kier alpha value is -0.770. The van der Waals surface area contributed by atoms with Crippen LogP contribution < -0.4 is 5.32 Å². The number of nitrogens with one attached hydrogen (secondary N) is 1. The molecule has 0 aromatic carbocycles. The molecule has 0 amide bonds. The molecule has 0 spiro atoms. The van der Waals surface area contributed by atoms with Crippen LogP contribution in [0.2, 0.25) is 0 Å².